The van der Waals surface area contributed by atoms with Crippen molar-refractivity contribution in [1.82, 2.24) is 4.90 Å². The lowest BCUT2D eigenvalue weighted by atomic mass is 10.0. The third kappa shape index (κ3) is 4.27. The molecule has 1 heterocycles. The highest BCUT2D eigenvalue weighted by molar-refractivity contribution is 8.14. The number of aliphatic imine (C=N–C) groups is 1. The number of hydrogen-bond donors (Lipinski definition) is 0. The van der Waals surface area contributed by atoms with E-state index in [2.05, 4.69) is 13.8 Å². The van der Waals surface area contributed by atoms with Gasteiger partial charge in [0.1, 0.15) is 11.5 Å². The van der Waals surface area contributed by atoms with Crippen LogP contribution >= 0.6 is 11.8 Å². The van der Waals surface area contributed by atoms with Gasteiger partial charge >= 0.3 is 0 Å². The molecule has 2 aromatic carbocycles. The fraction of sp³-hybridized carbons (Fsp3) is 0.333. The zero-order valence-corrected chi connectivity index (χ0v) is 16.9. The number of amidine groups is 1. The van der Waals surface area contributed by atoms with E-state index >= 15 is 0 Å². The molecule has 1 fully saturated rings. The van der Waals surface area contributed by atoms with Crippen molar-refractivity contribution in [1.29, 1.82) is 0 Å². The number of nitrogens with zero attached hydrogens (tertiary/aromatic N) is 2. The Morgan fingerprint density at radius 3 is 2.33 bits per heavy atom. The quantitative estimate of drug-likeness (QED) is 0.774. The second-order valence-electron chi connectivity index (χ2n) is 6.93. The van der Waals surface area contributed by atoms with Gasteiger partial charge in [-0.15, -0.1) is 0 Å². The second kappa shape index (κ2) is 8.05. The average Bonchev–Trinajstić information content (AvgIpc) is 3.00. The number of methoxy groups -OCH3 is 2. The molecule has 0 atom stereocenters. The number of ether oxygens (including phenoxy) is 2. The molecule has 0 aliphatic carbocycles. The van der Waals surface area contributed by atoms with Crippen molar-refractivity contribution in [2.75, 3.05) is 20.0 Å². The molecule has 1 aliphatic heterocycles. The molecule has 6 heteroatoms. The number of benzene rings is 2. The molecule has 0 unspecified atom stereocenters. The predicted octanol–water partition coefficient (Wildman–Crippen LogP) is 4.23. The third-order valence-corrected chi connectivity index (χ3v) is 5.81. The molecule has 1 aliphatic rings. The summed E-state index contributed by atoms with van der Waals surface area (Å²) in [6.07, 6.45) is 0. The molecule has 5 nitrogen and oxygen atoms in total. The van der Waals surface area contributed by atoms with Crippen LogP contribution in [0.25, 0.3) is 0 Å². The first-order valence-corrected chi connectivity index (χ1v) is 9.72. The normalized spacial score (nSPS) is 17.2. The number of thioether (sulfide) groups is 1. The molecule has 1 saturated heterocycles. The lowest BCUT2D eigenvalue weighted by molar-refractivity contribution is 0.0765. The van der Waals surface area contributed by atoms with E-state index in [0.29, 0.717) is 23.6 Å². The summed E-state index contributed by atoms with van der Waals surface area (Å²) >= 11 is 1.61. The SMILES string of the molecule is COc1cc(OC)cc(C(=O)N2C(=NCc3ccccc3)SCC2(C)C)c1. The molecule has 0 radical (unpaired) electrons. The Kier molecular flexibility index (Phi) is 5.75. The highest BCUT2D eigenvalue weighted by Gasteiger charge is 2.41. The van der Waals surface area contributed by atoms with E-state index in [1.807, 2.05) is 30.3 Å². The van der Waals surface area contributed by atoms with Crippen molar-refractivity contribution in [3.05, 3.63) is 59.7 Å². The Hall–Kier alpha value is -2.47. The van der Waals surface area contributed by atoms with Gasteiger partial charge in [-0.3, -0.25) is 14.7 Å². The number of rotatable bonds is 5. The zero-order chi connectivity index (χ0) is 19.4. The van der Waals surface area contributed by atoms with Crippen LogP contribution in [-0.2, 0) is 6.54 Å². The highest BCUT2D eigenvalue weighted by Crippen LogP contribution is 2.35. The Balaban J connectivity index is 1.92. The largest absolute Gasteiger partial charge is 0.497 e. The molecule has 2 aromatic rings. The summed E-state index contributed by atoms with van der Waals surface area (Å²) in [6, 6.07) is 15.3. The summed E-state index contributed by atoms with van der Waals surface area (Å²) in [5.41, 5.74) is 1.31. The van der Waals surface area contributed by atoms with Crippen molar-refractivity contribution in [3.8, 4) is 11.5 Å². The zero-order valence-electron chi connectivity index (χ0n) is 16.1. The van der Waals surface area contributed by atoms with E-state index < -0.39 is 0 Å². The van der Waals surface area contributed by atoms with E-state index in [-0.39, 0.29) is 11.4 Å². The molecule has 27 heavy (non-hydrogen) atoms. The molecule has 0 spiro atoms. The summed E-state index contributed by atoms with van der Waals surface area (Å²) < 4.78 is 10.6. The van der Waals surface area contributed by atoms with Gasteiger partial charge in [-0.05, 0) is 31.5 Å². The van der Waals surface area contributed by atoms with E-state index in [0.717, 1.165) is 16.5 Å². The summed E-state index contributed by atoms with van der Waals surface area (Å²) in [5, 5.41) is 0.746. The maximum absolute atomic E-state index is 13.3. The van der Waals surface area contributed by atoms with Gasteiger partial charge in [0.15, 0.2) is 5.17 Å². The number of hydrogen-bond acceptors (Lipinski definition) is 5. The topological polar surface area (TPSA) is 51.1 Å². The number of amides is 1. The van der Waals surface area contributed by atoms with Crippen molar-refractivity contribution >= 4 is 22.8 Å². The van der Waals surface area contributed by atoms with E-state index in [4.69, 9.17) is 14.5 Å². The minimum absolute atomic E-state index is 0.103. The fourth-order valence-corrected chi connectivity index (χ4v) is 4.14. The predicted molar refractivity (Wildman–Crippen MR) is 110 cm³/mol. The summed E-state index contributed by atoms with van der Waals surface area (Å²) in [6.45, 7) is 4.66. The van der Waals surface area contributed by atoms with Gasteiger partial charge in [-0.2, -0.15) is 0 Å². The minimum atomic E-state index is -0.326. The van der Waals surface area contributed by atoms with Crippen LogP contribution in [0.2, 0.25) is 0 Å². The van der Waals surface area contributed by atoms with Gasteiger partial charge < -0.3 is 9.47 Å². The van der Waals surface area contributed by atoms with Crippen molar-refractivity contribution in [2.24, 2.45) is 4.99 Å². The molecule has 0 N–H and O–H groups in total. The van der Waals surface area contributed by atoms with Crippen LogP contribution in [0.3, 0.4) is 0 Å². The summed E-state index contributed by atoms with van der Waals surface area (Å²) in [4.78, 5) is 19.9. The number of carbonyl (C=O) groups is 1. The lowest BCUT2D eigenvalue weighted by Crippen LogP contribution is -2.46. The Morgan fingerprint density at radius 2 is 1.74 bits per heavy atom. The van der Waals surface area contributed by atoms with E-state index in [1.54, 1.807) is 49.1 Å². The van der Waals surface area contributed by atoms with Crippen LogP contribution in [0.4, 0.5) is 0 Å². The molecule has 142 valence electrons. The van der Waals surface area contributed by atoms with Gasteiger partial charge in [0.05, 0.1) is 26.3 Å². The lowest BCUT2D eigenvalue weighted by Gasteiger charge is -2.30. The van der Waals surface area contributed by atoms with Crippen molar-refractivity contribution in [3.63, 3.8) is 0 Å². The standard InChI is InChI=1S/C21H24N2O3S/c1-21(2)14-27-20(22-13-15-8-6-5-7-9-15)23(21)19(24)16-10-17(25-3)12-18(11-16)26-4/h5-12H,13-14H2,1-4H3. The molecule has 3 rings (SSSR count). The molecule has 1 amide bonds. The third-order valence-electron chi connectivity index (χ3n) is 4.39. The van der Waals surface area contributed by atoms with Gasteiger partial charge in [0, 0.05) is 17.4 Å². The molecule has 0 saturated carbocycles. The molecule has 0 aromatic heterocycles. The summed E-state index contributed by atoms with van der Waals surface area (Å²) in [7, 11) is 3.15. The fourth-order valence-electron chi connectivity index (χ4n) is 2.91. The van der Waals surface area contributed by atoms with Crippen molar-refractivity contribution < 1.29 is 14.3 Å². The van der Waals surface area contributed by atoms with Crippen LogP contribution in [-0.4, -0.2) is 41.5 Å². The number of carbonyl (C=O) groups excluding carboxylic acids is 1. The van der Waals surface area contributed by atoms with Crippen LogP contribution in [0.5, 0.6) is 11.5 Å². The molecular weight excluding hydrogens is 360 g/mol. The van der Waals surface area contributed by atoms with E-state index in [9.17, 15) is 4.79 Å². The average molecular weight is 385 g/mol. The van der Waals surface area contributed by atoms with Gasteiger partial charge in [0.2, 0.25) is 0 Å². The summed E-state index contributed by atoms with van der Waals surface area (Å²) in [5.74, 6) is 1.87. The monoisotopic (exact) mass is 384 g/mol. The van der Waals surface area contributed by atoms with Crippen LogP contribution in [0.1, 0.15) is 29.8 Å². The smallest absolute Gasteiger partial charge is 0.260 e. The van der Waals surface area contributed by atoms with Crippen LogP contribution in [0, 0.1) is 0 Å². The van der Waals surface area contributed by atoms with E-state index in [1.165, 1.54) is 0 Å². The van der Waals surface area contributed by atoms with Crippen LogP contribution in [0.15, 0.2) is 53.5 Å². The Morgan fingerprint density at radius 1 is 1.11 bits per heavy atom. The molecule has 0 bridgehead atoms. The second-order valence-corrected chi connectivity index (χ2v) is 7.87. The first kappa shape index (κ1) is 19.3. The minimum Gasteiger partial charge on any atom is -0.497 e. The first-order chi connectivity index (χ1) is 12.9. The Labute approximate surface area is 164 Å². The maximum Gasteiger partial charge on any atom is 0.260 e. The van der Waals surface area contributed by atoms with Crippen molar-refractivity contribution in [2.45, 2.75) is 25.9 Å². The maximum atomic E-state index is 13.3. The first-order valence-electron chi connectivity index (χ1n) is 8.73. The van der Waals surface area contributed by atoms with Gasteiger partial charge in [-0.25, -0.2) is 0 Å². The van der Waals surface area contributed by atoms with Gasteiger partial charge in [-0.1, -0.05) is 42.1 Å². The molecular formula is C21H24N2O3S. The van der Waals surface area contributed by atoms with Crippen LogP contribution < -0.4 is 9.47 Å². The Bertz CT molecular complexity index is 828. The van der Waals surface area contributed by atoms with Gasteiger partial charge in [0.25, 0.3) is 5.91 Å². The highest BCUT2D eigenvalue weighted by atomic mass is 32.2.